The average molecular weight is 541 g/mol. The molecule has 6 nitrogen and oxygen atoms in total. The van der Waals surface area contributed by atoms with Gasteiger partial charge in [0.15, 0.2) is 0 Å². The number of benzene rings is 3. The third-order valence-corrected chi connectivity index (χ3v) is 7.77. The number of carbonyl (C=O) groups is 2. The van der Waals surface area contributed by atoms with Gasteiger partial charge in [0.2, 0.25) is 0 Å². The molecule has 0 aromatic heterocycles. The van der Waals surface area contributed by atoms with Crippen LogP contribution in [0, 0.1) is 11.8 Å². The molecule has 3 aromatic carbocycles. The topological polar surface area (TPSA) is 67.9 Å². The highest BCUT2D eigenvalue weighted by atomic mass is 16.6. The van der Waals surface area contributed by atoms with Crippen molar-refractivity contribution in [1.82, 2.24) is 4.90 Å². The predicted molar refractivity (Wildman–Crippen MR) is 158 cm³/mol. The van der Waals surface area contributed by atoms with Crippen LogP contribution < -0.4 is 5.32 Å². The Balaban J connectivity index is 1.06. The highest BCUT2D eigenvalue weighted by Crippen LogP contribution is 2.40. The number of aryl methyl sites for hydroxylation is 1. The Hall–Kier alpha value is -3.64. The predicted octanol–water partition coefficient (Wildman–Crippen LogP) is 7.09. The second-order valence-electron chi connectivity index (χ2n) is 12.2. The molecule has 1 saturated carbocycles. The molecule has 2 aliphatic rings. The zero-order valence-electron chi connectivity index (χ0n) is 23.8. The van der Waals surface area contributed by atoms with E-state index in [9.17, 15) is 9.59 Å². The first-order valence-electron chi connectivity index (χ1n) is 14.4. The van der Waals surface area contributed by atoms with Crippen molar-refractivity contribution in [3.05, 3.63) is 90.0 Å². The second kappa shape index (κ2) is 12.3. The standard InChI is InChI=1S/C34H40N2O4/c1-34(2,3)40-32(37)18-17-24-13-15-25(16-14-24)21-36-22-27-19-29(20-28(27)23-36)39-33(38)35-31-12-8-7-11-30(31)26-9-5-4-6-10-26/h4-16,27-29H,17-23H2,1-3H3,(H,35,38)/t27-,28?,29?/m0/s1. The lowest BCUT2D eigenvalue weighted by atomic mass is 10.0. The van der Waals surface area contributed by atoms with Crippen LogP contribution in [0.25, 0.3) is 11.1 Å². The molecule has 210 valence electrons. The van der Waals surface area contributed by atoms with E-state index in [0.29, 0.717) is 24.7 Å². The third-order valence-electron chi connectivity index (χ3n) is 7.77. The summed E-state index contributed by atoms with van der Waals surface area (Å²) < 4.78 is 11.3. The van der Waals surface area contributed by atoms with Crippen LogP contribution >= 0.6 is 0 Å². The molecule has 0 spiro atoms. The number of rotatable bonds is 8. The molecular weight excluding hydrogens is 500 g/mol. The van der Waals surface area contributed by atoms with E-state index in [4.69, 9.17) is 9.47 Å². The van der Waals surface area contributed by atoms with Gasteiger partial charge in [-0.1, -0.05) is 72.8 Å². The zero-order chi connectivity index (χ0) is 28.1. The molecule has 0 bridgehead atoms. The maximum atomic E-state index is 12.8. The van der Waals surface area contributed by atoms with Gasteiger partial charge in [-0.2, -0.15) is 0 Å². The van der Waals surface area contributed by atoms with E-state index >= 15 is 0 Å². The van der Waals surface area contributed by atoms with E-state index in [2.05, 4.69) is 34.5 Å². The van der Waals surface area contributed by atoms with Crippen LogP contribution in [0.2, 0.25) is 0 Å². The molecule has 1 amide bonds. The van der Waals surface area contributed by atoms with Crippen LogP contribution in [0.4, 0.5) is 10.5 Å². The summed E-state index contributed by atoms with van der Waals surface area (Å²) in [6.45, 7) is 8.66. The number of nitrogens with zero attached hydrogens (tertiary/aromatic N) is 1. The molecule has 1 heterocycles. The number of nitrogens with one attached hydrogen (secondary N) is 1. The van der Waals surface area contributed by atoms with Gasteiger partial charge >= 0.3 is 12.1 Å². The number of anilines is 1. The van der Waals surface area contributed by atoms with Crippen molar-refractivity contribution in [2.45, 2.75) is 64.7 Å². The summed E-state index contributed by atoms with van der Waals surface area (Å²) in [6.07, 6.45) is 2.50. The first kappa shape index (κ1) is 27.9. The van der Waals surface area contributed by atoms with Crippen molar-refractivity contribution < 1.29 is 19.1 Å². The van der Waals surface area contributed by atoms with Gasteiger partial charge < -0.3 is 9.47 Å². The molecule has 0 radical (unpaired) electrons. The summed E-state index contributed by atoms with van der Waals surface area (Å²) in [6, 6.07) is 26.5. The fourth-order valence-electron chi connectivity index (χ4n) is 6.03. The highest BCUT2D eigenvalue weighted by molar-refractivity contribution is 5.91. The first-order valence-corrected chi connectivity index (χ1v) is 14.4. The van der Waals surface area contributed by atoms with Crippen LogP contribution in [0.5, 0.6) is 0 Å². The monoisotopic (exact) mass is 540 g/mol. The van der Waals surface area contributed by atoms with Gasteiger partial charge in [-0.3, -0.25) is 15.0 Å². The highest BCUT2D eigenvalue weighted by Gasteiger charge is 2.42. The van der Waals surface area contributed by atoms with E-state index in [1.807, 2.05) is 75.4 Å². The summed E-state index contributed by atoms with van der Waals surface area (Å²) in [7, 11) is 0. The molecule has 40 heavy (non-hydrogen) atoms. The van der Waals surface area contributed by atoms with Gasteiger partial charge in [0.05, 0.1) is 5.69 Å². The van der Waals surface area contributed by atoms with Crippen LogP contribution in [-0.4, -0.2) is 41.8 Å². The van der Waals surface area contributed by atoms with E-state index in [0.717, 1.165) is 54.9 Å². The number of hydrogen-bond donors (Lipinski definition) is 1. The molecule has 5 rings (SSSR count). The van der Waals surface area contributed by atoms with E-state index < -0.39 is 5.60 Å². The summed E-state index contributed by atoms with van der Waals surface area (Å²) >= 11 is 0. The lowest BCUT2D eigenvalue weighted by Crippen LogP contribution is -2.25. The molecule has 2 fully saturated rings. The smallest absolute Gasteiger partial charge is 0.411 e. The minimum absolute atomic E-state index is 0.0368. The van der Waals surface area contributed by atoms with E-state index in [-0.39, 0.29) is 18.2 Å². The van der Waals surface area contributed by atoms with Crippen molar-refractivity contribution in [2.24, 2.45) is 11.8 Å². The van der Waals surface area contributed by atoms with Crippen LogP contribution in [0.3, 0.4) is 0 Å². The Kier molecular flexibility index (Phi) is 8.55. The maximum Gasteiger partial charge on any atom is 0.411 e. The summed E-state index contributed by atoms with van der Waals surface area (Å²) in [5.74, 6) is 0.960. The van der Waals surface area contributed by atoms with Crippen molar-refractivity contribution >= 4 is 17.7 Å². The van der Waals surface area contributed by atoms with Crippen LogP contribution in [0.15, 0.2) is 78.9 Å². The van der Waals surface area contributed by atoms with Gasteiger partial charge in [0.1, 0.15) is 11.7 Å². The number of likely N-dealkylation sites (tertiary alicyclic amines) is 1. The van der Waals surface area contributed by atoms with Crippen LogP contribution in [0.1, 0.15) is 51.2 Å². The van der Waals surface area contributed by atoms with Crippen molar-refractivity contribution in [3.63, 3.8) is 0 Å². The lowest BCUT2D eigenvalue weighted by Gasteiger charge is -2.20. The molecule has 1 aliphatic heterocycles. The van der Waals surface area contributed by atoms with Crippen molar-refractivity contribution in [3.8, 4) is 11.1 Å². The van der Waals surface area contributed by atoms with E-state index in [1.54, 1.807) is 0 Å². The Morgan fingerprint density at radius 1 is 0.850 bits per heavy atom. The number of amides is 1. The molecule has 3 aromatic rings. The summed E-state index contributed by atoms with van der Waals surface area (Å²) in [5.41, 5.74) is 4.79. The normalized spacial score (nSPS) is 20.6. The Morgan fingerprint density at radius 2 is 1.48 bits per heavy atom. The number of para-hydroxylation sites is 1. The Labute approximate surface area is 237 Å². The van der Waals surface area contributed by atoms with Gasteiger partial charge in [-0.15, -0.1) is 0 Å². The quantitative estimate of drug-likeness (QED) is 0.309. The number of fused-ring (bicyclic) bond motifs is 1. The number of esters is 1. The van der Waals surface area contributed by atoms with E-state index in [1.165, 1.54) is 5.56 Å². The molecule has 1 saturated heterocycles. The Morgan fingerprint density at radius 3 is 2.15 bits per heavy atom. The summed E-state index contributed by atoms with van der Waals surface area (Å²) in [5, 5.41) is 2.98. The van der Waals surface area contributed by atoms with Crippen LogP contribution in [-0.2, 0) is 27.2 Å². The molecule has 6 heteroatoms. The number of ether oxygens (including phenoxy) is 2. The maximum absolute atomic E-state index is 12.8. The molecule has 2 unspecified atom stereocenters. The molecule has 1 N–H and O–H groups in total. The van der Waals surface area contributed by atoms with Gasteiger partial charge in [0.25, 0.3) is 0 Å². The minimum atomic E-state index is -0.442. The minimum Gasteiger partial charge on any atom is -0.460 e. The number of carbonyl (C=O) groups excluding carboxylic acids is 2. The third kappa shape index (κ3) is 7.51. The summed E-state index contributed by atoms with van der Waals surface area (Å²) in [4.78, 5) is 27.3. The van der Waals surface area contributed by atoms with Crippen molar-refractivity contribution in [1.29, 1.82) is 0 Å². The molecular formula is C34H40N2O4. The lowest BCUT2D eigenvalue weighted by molar-refractivity contribution is -0.154. The van der Waals surface area contributed by atoms with Gasteiger partial charge in [0, 0.05) is 31.6 Å². The number of hydrogen-bond acceptors (Lipinski definition) is 5. The second-order valence-corrected chi connectivity index (χ2v) is 12.2. The van der Waals surface area contributed by atoms with Gasteiger partial charge in [-0.05, 0) is 74.6 Å². The SMILES string of the molecule is CC(C)(C)OC(=O)CCc1ccc(CN2CC3CC(OC(=O)Nc4ccccc4-c4ccccc4)C[C@H]3C2)cc1. The fourth-order valence-corrected chi connectivity index (χ4v) is 6.03. The average Bonchev–Trinajstić information content (AvgIpc) is 3.46. The molecule has 3 atom stereocenters. The zero-order valence-corrected chi connectivity index (χ0v) is 23.8. The van der Waals surface area contributed by atoms with Gasteiger partial charge in [-0.25, -0.2) is 4.79 Å². The largest absolute Gasteiger partial charge is 0.460 e. The van der Waals surface area contributed by atoms with Crippen molar-refractivity contribution in [2.75, 3.05) is 18.4 Å². The fraction of sp³-hybridized carbons (Fsp3) is 0.412. The molecule has 1 aliphatic carbocycles. The Bertz CT molecular complexity index is 1290. The first-order chi connectivity index (χ1) is 19.2.